The lowest BCUT2D eigenvalue weighted by molar-refractivity contribution is -0.123. The van der Waals surface area contributed by atoms with Gasteiger partial charge in [-0.3, -0.25) is 4.79 Å². The minimum absolute atomic E-state index is 0.203. The quantitative estimate of drug-likeness (QED) is 0.506. The lowest BCUT2D eigenvalue weighted by Gasteiger charge is -2.26. The Balaban J connectivity index is 1.25. The summed E-state index contributed by atoms with van der Waals surface area (Å²) in [7, 11) is -7.10. The molecule has 0 bridgehead atoms. The minimum Gasteiger partial charge on any atom is -0.484 e. The molecule has 2 aliphatic rings. The van der Waals surface area contributed by atoms with Crippen molar-refractivity contribution >= 4 is 26.0 Å². The Morgan fingerprint density at radius 1 is 0.757 bits per heavy atom. The maximum Gasteiger partial charge on any atom is 0.258 e. The Hall–Kier alpha value is -2.51. The normalized spacial score (nSPS) is 18.2. The van der Waals surface area contributed by atoms with Crippen LogP contribution < -0.4 is 10.1 Å². The van der Waals surface area contributed by atoms with Crippen molar-refractivity contribution in [3.05, 3.63) is 54.1 Å². The van der Waals surface area contributed by atoms with Crippen molar-refractivity contribution in [2.75, 3.05) is 46.0 Å². The highest BCUT2D eigenvalue weighted by Gasteiger charge is 2.26. The number of amides is 1. The van der Waals surface area contributed by atoms with Crippen molar-refractivity contribution in [3.8, 4) is 5.75 Å². The van der Waals surface area contributed by atoms with Crippen molar-refractivity contribution in [1.29, 1.82) is 0 Å². The smallest absolute Gasteiger partial charge is 0.258 e. The van der Waals surface area contributed by atoms with Gasteiger partial charge in [-0.05, 0) is 54.8 Å². The van der Waals surface area contributed by atoms with Crippen LogP contribution in [0.25, 0.3) is 0 Å². The monoisotopic (exact) mass is 551 g/mol. The standard InChI is InChI=1S/C25H33N3O7S2/c29-25(26-19-21-5-9-23(10-6-21)37(32,33)28-15-17-34-18-16-28)20-35-22-7-11-24(12-8-22)36(30,31)27-13-3-1-2-4-14-27/h5-12H,1-4,13-20H2,(H,26,29). The van der Waals surface area contributed by atoms with Crippen LogP contribution in [0.4, 0.5) is 0 Å². The van der Waals surface area contributed by atoms with E-state index in [9.17, 15) is 21.6 Å². The molecule has 0 aliphatic carbocycles. The first kappa shape index (κ1) is 27.5. The molecule has 0 unspecified atom stereocenters. The average molecular weight is 552 g/mol. The molecule has 2 fully saturated rings. The third-order valence-corrected chi connectivity index (χ3v) is 10.2. The third-order valence-electron chi connectivity index (χ3n) is 6.42. The number of carbonyl (C=O) groups excluding carboxylic acids is 1. The first-order valence-corrected chi connectivity index (χ1v) is 15.3. The number of morpholine rings is 1. The molecule has 1 N–H and O–H groups in total. The van der Waals surface area contributed by atoms with Gasteiger partial charge in [0.2, 0.25) is 20.0 Å². The van der Waals surface area contributed by atoms with Crippen LogP contribution in [0.2, 0.25) is 0 Å². The van der Waals surface area contributed by atoms with E-state index in [2.05, 4.69) is 5.32 Å². The van der Waals surface area contributed by atoms with Crippen LogP contribution in [0.3, 0.4) is 0 Å². The molecule has 4 rings (SSSR count). The fourth-order valence-electron chi connectivity index (χ4n) is 4.25. The van der Waals surface area contributed by atoms with Gasteiger partial charge in [-0.15, -0.1) is 0 Å². The van der Waals surface area contributed by atoms with E-state index in [1.54, 1.807) is 24.3 Å². The summed E-state index contributed by atoms with van der Waals surface area (Å²) < 4.78 is 64.8. The highest BCUT2D eigenvalue weighted by molar-refractivity contribution is 7.89. The molecule has 2 heterocycles. The van der Waals surface area contributed by atoms with E-state index in [4.69, 9.17) is 9.47 Å². The van der Waals surface area contributed by atoms with Gasteiger partial charge in [0.15, 0.2) is 6.61 Å². The van der Waals surface area contributed by atoms with E-state index >= 15 is 0 Å². The molecule has 0 spiro atoms. The summed E-state index contributed by atoms with van der Waals surface area (Å²) in [6.07, 6.45) is 3.83. The zero-order chi connectivity index (χ0) is 26.3. The lowest BCUT2D eigenvalue weighted by Crippen LogP contribution is -2.40. The largest absolute Gasteiger partial charge is 0.484 e. The number of ether oxygens (including phenoxy) is 2. The van der Waals surface area contributed by atoms with Gasteiger partial charge < -0.3 is 14.8 Å². The summed E-state index contributed by atoms with van der Waals surface area (Å²) in [6, 6.07) is 12.5. The summed E-state index contributed by atoms with van der Waals surface area (Å²) in [5.74, 6) is 0.0360. The van der Waals surface area contributed by atoms with E-state index in [1.807, 2.05) is 0 Å². The molecule has 1 amide bonds. The van der Waals surface area contributed by atoms with Crippen molar-refractivity contribution in [1.82, 2.24) is 13.9 Å². The molecule has 0 radical (unpaired) electrons. The van der Waals surface area contributed by atoms with Gasteiger partial charge >= 0.3 is 0 Å². The van der Waals surface area contributed by atoms with Crippen LogP contribution in [0.5, 0.6) is 5.75 Å². The molecule has 10 nitrogen and oxygen atoms in total. The van der Waals surface area contributed by atoms with Crippen LogP contribution in [-0.2, 0) is 36.1 Å². The van der Waals surface area contributed by atoms with Gasteiger partial charge in [0, 0.05) is 32.7 Å². The minimum atomic E-state index is -3.56. The van der Waals surface area contributed by atoms with Crippen LogP contribution >= 0.6 is 0 Å². The number of benzene rings is 2. The molecule has 0 saturated carbocycles. The maximum absolute atomic E-state index is 12.9. The molecule has 2 aliphatic heterocycles. The van der Waals surface area contributed by atoms with Crippen molar-refractivity contribution in [2.24, 2.45) is 0 Å². The number of nitrogens with one attached hydrogen (secondary N) is 1. The van der Waals surface area contributed by atoms with Gasteiger partial charge in [-0.1, -0.05) is 25.0 Å². The van der Waals surface area contributed by atoms with E-state index in [-0.39, 0.29) is 28.8 Å². The van der Waals surface area contributed by atoms with Crippen molar-refractivity contribution in [2.45, 2.75) is 42.0 Å². The zero-order valence-corrected chi connectivity index (χ0v) is 22.3. The Kier molecular flexibility index (Phi) is 9.19. The fourth-order valence-corrected chi connectivity index (χ4v) is 7.18. The number of nitrogens with zero attached hydrogens (tertiary/aromatic N) is 2. The maximum atomic E-state index is 12.9. The van der Waals surface area contributed by atoms with Gasteiger partial charge in [-0.25, -0.2) is 16.8 Å². The highest BCUT2D eigenvalue weighted by Crippen LogP contribution is 2.22. The van der Waals surface area contributed by atoms with Crippen LogP contribution in [0.1, 0.15) is 31.2 Å². The topological polar surface area (TPSA) is 122 Å². The van der Waals surface area contributed by atoms with Crippen molar-refractivity contribution < 1.29 is 31.1 Å². The van der Waals surface area contributed by atoms with Gasteiger partial charge in [-0.2, -0.15) is 8.61 Å². The predicted octanol–water partition coefficient (Wildman–Crippen LogP) is 1.97. The summed E-state index contributed by atoms with van der Waals surface area (Å²) in [6.45, 7) is 2.48. The molecule has 202 valence electrons. The lowest BCUT2D eigenvalue weighted by atomic mass is 10.2. The number of hydrogen-bond acceptors (Lipinski definition) is 7. The Bertz CT molecular complexity index is 1250. The number of rotatable bonds is 9. The summed E-state index contributed by atoms with van der Waals surface area (Å²) in [5.41, 5.74) is 0.748. The van der Waals surface area contributed by atoms with Crippen LogP contribution in [0.15, 0.2) is 58.3 Å². The molecule has 2 saturated heterocycles. The number of sulfonamides is 2. The SMILES string of the molecule is O=C(COc1ccc(S(=O)(=O)N2CCCCCC2)cc1)NCc1ccc(S(=O)(=O)N2CCOCC2)cc1. The molecule has 37 heavy (non-hydrogen) atoms. The first-order valence-electron chi connectivity index (χ1n) is 12.4. The fraction of sp³-hybridized carbons (Fsp3) is 0.480. The molecule has 2 aromatic rings. The van der Waals surface area contributed by atoms with Crippen LogP contribution in [-0.4, -0.2) is 77.4 Å². The zero-order valence-electron chi connectivity index (χ0n) is 20.7. The molecule has 0 atom stereocenters. The first-order chi connectivity index (χ1) is 17.8. The van der Waals surface area contributed by atoms with E-state index in [1.165, 1.54) is 32.9 Å². The number of hydrogen-bond donors (Lipinski definition) is 1. The second-order valence-corrected chi connectivity index (χ2v) is 12.9. The Morgan fingerprint density at radius 2 is 1.27 bits per heavy atom. The third kappa shape index (κ3) is 7.08. The van der Waals surface area contributed by atoms with Crippen LogP contribution in [0, 0.1) is 0 Å². The molecular weight excluding hydrogens is 518 g/mol. The van der Waals surface area contributed by atoms with Crippen molar-refractivity contribution in [3.63, 3.8) is 0 Å². The number of carbonyl (C=O) groups is 1. The predicted molar refractivity (Wildman–Crippen MR) is 137 cm³/mol. The summed E-state index contributed by atoms with van der Waals surface area (Å²) in [5, 5.41) is 2.73. The Morgan fingerprint density at radius 3 is 1.84 bits per heavy atom. The van der Waals surface area contributed by atoms with Gasteiger partial charge in [0.25, 0.3) is 5.91 Å². The Labute approximate surface area is 218 Å². The molecular formula is C25H33N3O7S2. The second kappa shape index (κ2) is 12.4. The van der Waals surface area contributed by atoms with Gasteiger partial charge in [0.1, 0.15) is 5.75 Å². The second-order valence-electron chi connectivity index (χ2n) is 9.02. The van der Waals surface area contributed by atoms with Gasteiger partial charge in [0.05, 0.1) is 23.0 Å². The molecule has 0 aromatic heterocycles. The van der Waals surface area contributed by atoms with E-state index in [0.717, 1.165) is 31.2 Å². The molecule has 2 aromatic carbocycles. The average Bonchev–Trinajstić information content (AvgIpc) is 3.22. The molecule has 12 heteroatoms. The van der Waals surface area contributed by atoms with E-state index in [0.29, 0.717) is 45.1 Å². The highest BCUT2D eigenvalue weighted by atomic mass is 32.2. The van der Waals surface area contributed by atoms with E-state index < -0.39 is 20.0 Å². The summed E-state index contributed by atoms with van der Waals surface area (Å²) in [4.78, 5) is 12.7. The summed E-state index contributed by atoms with van der Waals surface area (Å²) >= 11 is 0.